The van der Waals surface area contributed by atoms with Gasteiger partial charge in [0.25, 0.3) is 5.56 Å². The van der Waals surface area contributed by atoms with Gasteiger partial charge in [0.15, 0.2) is 0 Å². The molecule has 3 N–H and O–H groups in total. The summed E-state index contributed by atoms with van der Waals surface area (Å²) in [6, 6.07) is 8.74. The Kier molecular flexibility index (Phi) is 8.64. The van der Waals surface area contributed by atoms with Crippen LogP contribution in [0.25, 0.3) is 11.1 Å². The van der Waals surface area contributed by atoms with Crippen molar-refractivity contribution in [3.05, 3.63) is 58.8 Å². The van der Waals surface area contributed by atoms with Crippen molar-refractivity contribution in [1.82, 2.24) is 24.9 Å². The maximum Gasteiger partial charge on any atom is 0.274 e. The van der Waals surface area contributed by atoms with E-state index in [1.54, 1.807) is 17.8 Å². The van der Waals surface area contributed by atoms with Gasteiger partial charge in [-0.2, -0.15) is 11.8 Å². The highest BCUT2D eigenvalue weighted by molar-refractivity contribution is 8.00. The smallest absolute Gasteiger partial charge is 0.274 e. The van der Waals surface area contributed by atoms with Crippen molar-refractivity contribution in [2.45, 2.75) is 61.8 Å². The number of hydrogen-bond donors (Lipinski definition) is 3. The zero-order valence-corrected chi connectivity index (χ0v) is 28.2. The molecular weight excluding hydrogens is 613 g/mol. The molecule has 0 spiro atoms. The predicted molar refractivity (Wildman–Crippen MR) is 187 cm³/mol. The molecule has 11 nitrogen and oxygen atoms in total. The molecular formula is C35H46N8O3S. The summed E-state index contributed by atoms with van der Waals surface area (Å²) in [5.74, 6) is 2.89. The second-order valence-corrected chi connectivity index (χ2v) is 15.4. The van der Waals surface area contributed by atoms with E-state index in [1.165, 1.54) is 25.7 Å². The van der Waals surface area contributed by atoms with E-state index in [9.17, 15) is 9.90 Å². The zero-order chi connectivity index (χ0) is 32.1. The Labute approximate surface area is 280 Å². The summed E-state index contributed by atoms with van der Waals surface area (Å²) in [6.07, 6.45) is 10.9. The van der Waals surface area contributed by atoms with Crippen LogP contribution >= 0.6 is 11.8 Å². The second-order valence-electron chi connectivity index (χ2n) is 13.9. The van der Waals surface area contributed by atoms with Crippen molar-refractivity contribution < 1.29 is 9.84 Å². The first-order chi connectivity index (χ1) is 23.0. The molecule has 5 fully saturated rings. The van der Waals surface area contributed by atoms with Crippen LogP contribution < -0.4 is 26.2 Å². The molecule has 3 aromatic heterocycles. The van der Waals surface area contributed by atoms with E-state index in [4.69, 9.17) is 14.7 Å². The molecule has 0 amide bonds. The molecule has 1 saturated carbocycles. The van der Waals surface area contributed by atoms with Gasteiger partial charge in [0.05, 0.1) is 37.7 Å². The van der Waals surface area contributed by atoms with Crippen LogP contribution in [0, 0.1) is 11.8 Å². The van der Waals surface area contributed by atoms with Crippen molar-refractivity contribution in [2.24, 2.45) is 18.9 Å². The highest BCUT2D eigenvalue weighted by Gasteiger charge is 2.47. The molecule has 5 aliphatic rings. The topological polar surface area (TPSA) is 111 Å². The maximum absolute atomic E-state index is 13.3. The summed E-state index contributed by atoms with van der Waals surface area (Å²) in [5, 5.41) is 17.5. The van der Waals surface area contributed by atoms with Gasteiger partial charge >= 0.3 is 0 Å². The number of hydrogen-bond acceptors (Lipinski definition) is 11. The minimum Gasteiger partial charge on any atom is -0.392 e. The number of nitrogens with one attached hydrogen (secondary N) is 2. The lowest BCUT2D eigenvalue weighted by Crippen LogP contribution is -2.59. The van der Waals surface area contributed by atoms with Gasteiger partial charge in [0.2, 0.25) is 0 Å². The van der Waals surface area contributed by atoms with Crippen molar-refractivity contribution >= 4 is 34.8 Å². The summed E-state index contributed by atoms with van der Waals surface area (Å²) in [6.45, 7) is 8.59. The molecule has 3 aromatic rings. The SMILES string of the molecule is C[C@H]1CN(C2COC2)CCN1c1ccc(Nc2cc(-c3ccnc(N4CC5SC6CCCCC6C5CN4)c3CO)cn(C)c2=O)nc1. The highest BCUT2D eigenvalue weighted by Crippen LogP contribution is 2.51. The molecule has 0 radical (unpaired) electrons. The van der Waals surface area contributed by atoms with Crippen LogP contribution in [-0.2, 0) is 18.4 Å². The number of ether oxygens (including phenoxy) is 1. The number of piperazine rings is 1. The molecule has 1 aliphatic carbocycles. The van der Waals surface area contributed by atoms with E-state index < -0.39 is 0 Å². The molecule has 0 aromatic carbocycles. The van der Waals surface area contributed by atoms with Gasteiger partial charge in [-0.15, -0.1) is 0 Å². The van der Waals surface area contributed by atoms with Gasteiger partial charge in [-0.25, -0.2) is 15.4 Å². The fourth-order valence-corrected chi connectivity index (χ4v) is 10.5. The van der Waals surface area contributed by atoms with Crippen LogP contribution in [0.1, 0.15) is 38.2 Å². The summed E-state index contributed by atoms with van der Waals surface area (Å²) < 4.78 is 6.98. The Morgan fingerprint density at radius 3 is 2.72 bits per heavy atom. The third-order valence-corrected chi connectivity index (χ3v) is 12.9. The van der Waals surface area contributed by atoms with E-state index in [0.29, 0.717) is 34.8 Å². The number of nitrogens with zero attached hydrogens (tertiary/aromatic N) is 6. The van der Waals surface area contributed by atoms with Crippen LogP contribution in [0.2, 0.25) is 0 Å². The maximum atomic E-state index is 13.3. The third kappa shape index (κ3) is 5.92. The number of aryl methyl sites for hydroxylation is 1. The Balaban J connectivity index is 1.00. The van der Waals surface area contributed by atoms with E-state index in [2.05, 4.69) is 50.3 Å². The molecule has 12 heteroatoms. The monoisotopic (exact) mass is 658 g/mol. The molecule has 4 aliphatic heterocycles. The summed E-state index contributed by atoms with van der Waals surface area (Å²) >= 11 is 2.18. The molecule has 8 rings (SSSR count). The molecule has 0 bridgehead atoms. The van der Waals surface area contributed by atoms with Gasteiger partial charge in [-0.05, 0) is 61.4 Å². The lowest BCUT2D eigenvalue weighted by atomic mass is 9.78. The predicted octanol–water partition coefficient (Wildman–Crippen LogP) is 3.60. The largest absolute Gasteiger partial charge is 0.392 e. The van der Waals surface area contributed by atoms with Crippen LogP contribution in [-0.4, -0.2) is 93.1 Å². The number of pyridine rings is 3. The lowest BCUT2D eigenvalue weighted by Gasteiger charge is -2.46. The first kappa shape index (κ1) is 31.1. The first-order valence-electron chi connectivity index (χ1n) is 17.2. The van der Waals surface area contributed by atoms with E-state index in [-0.39, 0.29) is 12.2 Å². The number of aliphatic hydroxyl groups excluding tert-OH is 1. The minimum atomic E-state index is -0.154. The lowest BCUT2D eigenvalue weighted by molar-refractivity contribution is -0.0691. The van der Waals surface area contributed by atoms with Crippen LogP contribution in [0.15, 0.2) is 47.7 Å². The van der Waals surface area contributed by atoms with Crippen LogP contribution in [0.5, 0.6) is 0 Å². The molecule has 4 unspecified atom stereocenters. The van der Waals surface area contributed by atoms with Crippen LogP contribution in [0.4, 0.5) is 23.0 Å². The van der Waals surface area contributed by atoms with Gasteiger partial charge in [0, 0.05) is 79.8 Å². The Morgan fingerprint density at radius 2 is 1.96 bits per heavy atom. The fourth-order valence-electron chi connectivity index (χ4n) is 8.46. The second kappa shape index (κ2) is 13.0. The van der Waals surface area contributed by atoms with E-state index in [1.807, 2.05) is 30.6 Å². The van der Waals surface area contributed by atoms with E-state index >= 15 is 0 Å². The summed E-state index contributed by atoms with van der Waals surface area (Å²) in [4.78, 5) is 27.7. The average molecular weight is 659 g/mol. The van der Waals surface area contributed by atoms with Crippen LogP contribution in [0.3, 0.4) is 0 Å². The average Bonchev–Trinajstić information content (AvgIpc) is 3.44. The molecule has 7 heterocycles. The zero-order valence-electron chi connectivity index (χ0n) is 27.3. The summed E-state index contributed by atoms with van der Waals surface area (Å²) in [7, 11) is 1.76. The quantitative estimate of drug-likeness (QED) is 0.347. The minimum absolute atomic E-state index is 0.146. The third-order valence-electron chi connectivity index (χ3n) is 11.1. The molecule has 250 valence electrons. The molecule has 5 atom stereocenters. The van der Waals surface area contributed by atoms with Crippen molar-refractivity contribution in [2.75, 3.05) is 61.2 Å². The number of thioether (sulfide) groups is 1. The number of anilines is 4. The number of aromatic nitrogens is 3. The number of hydrazine groups is 1. The Morgan fingerprint density at radius 1 is 1.09 bits per heavy atom. The Hall–Kier alpha value is -3.16. The van der Waals surface area contributed by atoms with Crippen molar-refractivity contribution in [3.63, 3.8) is 0 Å². The standard InChI is InChI=1S/C35H46N8O3S/c1-22-16-41(25-20-46-21-25)11-12-42(22)24-7-8-33(37-14-24)39-30-13-23(17-40(2)35(30)45)26-9-10-36-34(29(26)19-44)43-18-32-28(15-38-43)27-5-3-4-6-31(27)47-32/h7-10,13-14,17,22,25,27-28,31-32,38,44H,3-6,11-12,15-16,18-21H2,1-2H3,(H,37,39)/t22-,27?,28?,31?,32?/m0/s1. The van der Waals surface area contributed by atoms with E-state index in [0.717, 1.165) is 85.3 Å². The van der Waals surface area contributed by atoms with Crippen molar-refractivity contribution in [3.8, 4) is 11.1 Å². The highest BCUT2D eigenvalue weighted by atomic mass is 32.2. The van der Waals surface area contributed by atoms with Crippen molar-refractivity contribution in [1.29, 1.82) is 0 Å². The van der Waals surface area contributed by atoms with Gasteiger partial charge in [0.1, 0.15) is 17.3 Å². The number of fused-ring (bicyclic) bond motifs is 3. The Bertz CT molecular complexity index is 1650. The number of aliphatic hydroxyl groups is 1. The first-order valence-corrected chi connectivity index (χ1v) is 18.2. The normalized spacial score (nSPS) is 28.1. The summed E-state index contributed by atoms with van der Waals surface area (Å²) in [5.41, 5.74) is 7.47. The number of rotatable bonds is 7. The van der Waals surface area contributed by atoms with Gasteiger partial charge < -0.3 is 24.6 Å². The molecule has 4 saturated heterocycles. The van der Waals surface area contributed by atoms with Gasteiger partial charge in [-0.3, -0.25) is 14.7 Å². The fraction of sp³-hybridized carbons (Fsp3) is 0.571. The molecule has 47 heavy (non-hydrogen) atoms. The van der Waals surface area contributed by atoms with Gasteiger partial charge in [-0.1, -0.05) is 12.8 Å².